The maximum atomic E-state index is 12.9. The highest BCUT2D eigenvalue weighted by molar-refractivity contribution is 5.97. The number of nitrogens with two attached hydrogens (primary N) is 1. The molecular formula is C51H72N14O18. The van der Waals surface area contributed by atoms with Gasteiger partial charge in [-0.15, -0.1) is 0 Å². The molecule has 0 spiro atoms. The number of carboxylic acids is 1. The van der Waals surface area contributed by atoms with Crippen molar-refractivity contribution in [2.24, 2.45) is 5.73 Å². The standard InChI is InChI=1S/C32H39N7O9.C17H29N7O7.C2H4O2/c1-19(40)13-35-31(46)26(12-27(42)33-3)38-28(43)14-34-29(44)16-39(18-37-20(2)41)30(45)15-36-32(47)48-17-25-23-10-6-4-8-21(23)22-9-5-7-11-24(22)25;1-10(25)6-21-17(31)12(4-13(27)19-3)23-14(28)7-20-15(29)8-24(16(30)5-18)9-22-11(2)26;1-2(3)4/h4-11,25-26H,12-18H2,1-3H3,(H,33,42)(H,34,44)(H,35,46)(H,36,47)(H,37,41)(H,38,43);12H,4-9,18H2,1-3H3,(H,19,27)(H,20,29)(H,21,31)(H,22,26)(H,23,28);1H3,(H,3,4). The Balaban J connectivity index is 0.000000848. The summed E-state index contributed by atoms with van der Waals surface area (Å²) in [4.78, 5) is 190. The Hall–Kier alpha value is -9.88. The number of nitrogens with zero attached hydrogens (tertiary/aromatic N) is 2. The molecule has 0 saturated carbocycles. The highest BCUT2D eigenvalue weighted by atomic mass is 16.5. The number of aliphatic carboxylic acids is 1. The summed E-state index contributed by atoms with van der Waals surface area (Å²) in [6, 6.07) is 13.0. The van der Waals surface area contributed by atoms with E-state index in [1.54, 1.807) is 0 Å². The monoisotopic (exact) mass is 1170 g/mol. The number of carboxylic acid groups (broad SMARTS) is 1. The van der Waals surface area contributed by atoms with E-state index in [9.17, 15) is 71.9 Å². The molecule has 83 heavy (non-hydrogen) atoms. The molecule has 0 aromatic heterocycles. The number of alkyl carbamates (subject to hydrolysis) is 1. The van der Waals surface area contributed by atoms with Crippen LogP contribution in [0.15, 0.2) is 48.5 Å². The van der Waals surface area contributed by atoms with Crippen molar-refractivity contribution in [3.05, 3.63) is 59.7 Å². The van der Waals surface area contributed by atoms with Crippen LogP contribution >= 0.6 is 0 Å². The van der Waals surface area contributed by atoms with E-state index in [0.717, 1.165) is 39.0 Å². The topological polar surface area (TPSA) is 467 Å². The van der Waals surface area contributed by atoms with Gasteiger partial charge in [0.2, 0.25) is 70.9 Å². The lowest BCUT2D eigenvalue weighted by atomic mass is 9.98. The molecule has 454 valence electrons. The van der Waals surface area contributed by atoms with Crippen molar-refractivity contribution in [3.8, 4) is 11.1 Å². The van der Waals surface area contributed by atoms with Crippen LogP contribution in [-0.2, 0) is 76.7 Å². The molecule has 2 aromatic rings. The molecule has 13 amide bonds. The van der Waals surface area contributed by atoms with E-state index in [0.29, 0.717) is 0 Å². The quantitative estimate of drug-likeness (QED) is 0.0338. The second kappa shape index (κ2) is 37.9. The van der Waals surface area contributed by atoms with Crippen LogP contribution in [-0.4, -0.2) is 208 Å². The molecule has 2 unspecified atom stereocenters. The van der Waals surface area contributed by atoms with Gasteiger partial charge in [0, 0.05) is 40.8 Å². The lowest BCUT2D eigenvalue weighted by Gasteiger charge is -2.23. The van der Waals surface area contributed by atoms with Gasteiger partial charge in [-0.3, -0.25) is 71.9 Å². The lowest BCUT2D eigenvalue weighted by molar-refractivity contribution is -0.137. The second-order valence-electron chi connectivity index (χ2n) is 17.8. The Bertz CT molecular complexity index is 2650. The zero-order valence-electron chi connectivity index (χ0n) is 46.9. The van der Waals surface area contributed by atoms with Crippen molar-refractivity contribution in [1.82, 2.24) is 68.3 Å². The van der Waals surface area contributed by atoms with Crippen molar-refractivity contribution in [2.75, 3.05) is 86.4 Å². The number of amides is 13. The molecule has 32 heteroatoms. The van der Waals surface area contributed by atoms with Crippen LogP contribution in [0.5, 0.6) is 0 Å². The molecule has 0 saturated heterocycles. The fourth-order valence-corrected chi connectivity index (χ4v) is 6.89. The first-order chi connectivity index (χ1) is 39.1. The van der Waals surface area contributed by atoms with E-state index in [1.807, 2.05) is 48.5 Å². The highest BCUT2D eigenvalue weighted by Gasteiger charge is 2.30. The summed E-state index contributed by atoms with van der Waals surface area (Å²) in [5.74, 6) is -9.63. The van der Waals surface area contributed by atoms with Gasteiger partial charge in [0.25, 0.3) is 5.97 Å². The summed E-state index contributed by atoms with van der Waals surface area (Å²) in [7, 11) is 2.69. The predicted octanol–water partition coefficient (Wildman–Crippen LogP) is -5.71. The van der Waals surface area contributed by atoms with Crippen LogP contribution in [0.2, 0.25) is 0 Å². The minimum absolute atomic E-state index is 0.0243. The van der Waals surface area contributed by atoms with Gasteiger partial charge < -0.3 is 83.9 Å². The number of benzene rings is 2. The highest BCUT2D eigenvalue weighted by Crippen LogP contribution is 2.44. The Morgan fingerprint density at radius 1 is 0.506 bits per heavy atom. The first-order valence-electron chi connectivity index (χ1n) is 25.2. The van der Waals surface area contributed by atoms with Gasteiger partial charge in [0.1, 0.15) is 49.9 Å². The maximum absolute atomic E-state index is 12.9. The Labute approximate surface area is 476 Å². The van der Waals surface area contributed by atoms with Crippen LogP contribution in [0.1, 0.15) is 64.5 Å². The molecule has 2 atom stereocenters. The SMILES string of the molecule is CC(=O)O.CNC(=O)CC(NC(=O)CNC(=O)CN(CNC(C)=O)C(=O)CN)C(=O)NCC(C)=O.CNC(=O)CC(NC(=O)CNC(=O)CN(CNC(C)=O)C(=O)CNC(=O)OCC1c2ccccc2-c2ccccc21)C(=O)NCC(C)=O. The van der Waals surface area contributed by atoms with Gasteiger partial charge in [0.15, 0.2) is 0 Å². The fourth-order valence-electron chi connectivity index (χ4n) is 6.89. The van der Waals surface area contributed by atoms with E-state index >= 15 is 0 Å². The summed E-state index contributed by atoms with van der Waals surface area (Å²) >= 11 is 0. The molecule has 1 aliphatic rings. The smallest absolute Gasteiger partial charge is 0.407 e. The largest absolute Gasteiger partial charge is 0.481 e. The van der Waals surface area contributed by atoms with Crippen LogP contribution < -0.4 is 64.2 Å². The number of carbonyl (C=O) groups is 16. The normalized spacial score (nSPS) is 11.2. The third-order valence-electron chi connectivity index (χ3n) is 10.9. The second-order valence-corrected chi connectivity index (χ2v) is 17.8. The fraction of sp³-hybridized carbons (Fsp3) is 0.451. The Morgan fingerprint density at radius 2 is 0.892 bits per heavy atom. The molecule has 0 aliphatic heterocycles. The van der Waals surface area contributed by atoms with Gasteiger partial charge in [-0.1, -0.05) is 48.5 Å². The van der Waals surface area contributed by atoms with Crippen molar-refractivity contribution in [3.63, 3.8) is 0 Å². The first-order valence-corrected chi connectivity index (χ1v) is 25.2. The molecular weight excluding hydrogens is 1100 g/mol. The molecule has 0 bridgehead atoms. The number of carbonyl (C=O) groups excluding carboxylic acids is 15. The van der Waals surface area contributed by atoms with Crippen molar-refractivity contribution in [2.45, 2.75) is 65.5 Å². The molecule has 0 radical (unpaired) electrons. The third kappa shape index (κ3) is 29.2. The zero-order valence-corrected chi connectivity index (χ0v) is 46.9. The molecule has 0 heterocycles. The minimum atomic E-state index is -1.32. The lowest BCUT2D eigenvalue weighted by Crippen LogP contribution is -2.53. The van der Waals surface area contributed by atoms with Crippen LogP contribution in [0, 0.1) is 0 Å². The van der Waals surface area contributed by atoms with Crippen molar-refractivity contribution >= 4 is 94.5 Å². The molecule has 0 fully saturated rings. The summed E-state index contributed by atoms with van der Waals surface area (Å²) < 4.78 is 5.44. The summed E-state index contributed by atoms with van der Waals surface area (Å²) in [6.07, 6.45) is -1.66. The molecule has 32 nitrogen and oxygen atoms in total. The number of rotatable bonds is 29. The van der Waals surface area contributed by atoms with Gasteiger partial charge in [0.05, 0.1) is 58.9 Å². The van der Waals surface area contributed by atoms with Crippen LogP contribution in [0.3, 0.4) is 0 Å². The van der Waals surface area contributed by atoms with Crippen molar-refractivity contribution < 1.29 is 86.6 Å². The minimum Gasteiger partial charge on any atom is -0.481 e. The first kappa shape index (κ1) is 71.1. The molecule has 1 aliphatic carbocycles. The number of Topliss-reactive ketones (excluding diaryl/α,β-unsaturated/α-hetero) is 2. The third-order valence-corrected chi connectivity index (χ3v) is 10.9. The van der Waals surface area contributed by atoms with Gasteiger partial charge in [-0.05, 0) is 36.1 Å². The summed E-state index contributed by atoms with van der Waals surface area (Å²) in [5.41, 5.74) is 9.41. The number of hydrogen-bond donors (Lipinski definition) is 13. The number of fused-ring (bicyclic) bond motifs is 3. The van der Waals surface area contributed by atoms with Crippen LogP contribution in [0.4, 0.5) is 4.79 Å². The molecule has 14 N–H and O–H groups in total. The van der Waals surface area contributed by atoms with Gasteiger partial charge in [-0.2, -0.15) is 0 Å². The number of hydrogen-bond acceptors (Lipinski definition) is 18. The number of nitrogens with one attached hydrogen (secondary N) is 11. The van der Waals surface area contributed by atoms with Crippen LogP contribution in [0.25, 0.3) is 11.1 Å². The number of ether oxygens (including phenoxy) is 1. The van der Waals surface area contributed by atoms with Crippen molar-refractivity contribution in [1.29, 1.82) is 0 Å². The van der Waals surface area contributed by atoms with E-state index in [4.69, 9.17) is 20.4 Å². The average molecular weight is 1170 g/mol. The Kier molecular flexibility index (Phi) is 32.5. The van der Waals surface area contributed by atoms with E-state index in [-0.39, 0.29) is 63.5 Å². The predicted molar refractivity (Wildman–Crippen MR) is 291 cm³/mol. The summed E-state index contributed by atoms with van der Waals surface area (Å²) in [5, 5.41) is 32.9. The molecule has 2 aromatic carbocycles. The van der Waals surface area contributed by atoms with E-state index < -0.39 is 134 Å². The maximum Gasteiger partial charge on any atom is 0.407 e. The van der Waals surface area contributed by atoms with E-state index in [2.05, 4.69) is 58.5 Å². The Morgan fingerprint density at radius 3 is 1.25 bits per heavy atom. The summed E-state index contributed by atoms with van der Waals surface area (Å²) in [6.45, 7) is 1.70. The number of ketones is 2. The van der Waals surface area contributed by atoms with Gasteiger partial charge >= 0.3 is 6.09 Å². The zero-order chi connectivity index (χ0) is 62.8. The van der Waals surface area contributed by atoms with Gasteiger partial charge in [-0.25, -0.2) is 4.79 Å². The van der Waals surface area contributed by atoms with E-state index in [1.165, 1.54) is 41.8 Å². The average Bonchev–Trinajstić information content (AvgIpc) is 4.05. The molecule has 3 rings (SSSR count).